The van der Waals surface area contributed by atoms with E-state index >= 15 is 0 Å². The Labute approximate surface area is 62.9 Å². The van der Waals surface area contributed by atoms with E-state index in [0.717, 1.165) is 6.42 Å². The second-order valence-electron chi connectivity index (χ2n) is 1.65. The van der Waals surface area contributed by atoms with E-state index in [1.165, 1.54) is 0 Å². The van der Waals surface area contributed by atoms with E-state index in [1.54, 1.807) is 6.92 Å². The van der Waals surface area contributed by atoms with E-state index < -0.39 is 5.97 Å². The van der Waals surface area contributed by atoms with Gasteiger partial charge in [0.2, 0.25) is 0 Å². The molecule has 0 aromatic heterocycles. The van der Waals surface area contributed by atoms with Crippen molar-refractivity contribution < 1.29 is 30.3 Å². The molecule has 1 atom stereocenters. The maximum atomic E-state index is 9.93. The van der Waals surface area contributed by atoms with Gasteiger partial charge in [-0.25, -0.2) is 0 Å². The third-order valence-electron chi connectivity index (χ3n) is 1.03. The summed E-state index contributed by atoms with van der Waals surface area (Å²) >= 11 is 0. The van der Waals surface area contributed by atoms with Gasteiger partial charge >= 0.3 is 5.97 Å². The summed E-state index contributed by atoms with van der Waals surface area (Å²) in [4.78, 5) is 9.93. The topological polar surface area (TPSA) is 37.3 Å². The largest absolute Gasteiger partial charge is 0.481 e. The molecule has 52 valence electrons. The van der Waals surface area contributed by atoms with Crippen LogP contribution in [0.3, 0.4) is 0 Å². The van der Waals surface area contributed by atoms with E-state index in [2.05, 4.69) is 0 Å². The third kappa shape index (κ3) is 4.30. The summed E-state index contributed by atoms with van der Waals surface area (Å²) in [5, 5.41) is 8.18. The van der Waals surface area contributed by atoms with Crippen LogP contribution in [0.4, 0.5) is 0 Å². The fourth-order valence-corrected chi connectivity index (χ4v) is 0.175. The molecule has 0 rings (SSSR count). The van der Waals surface area contributed by atoms with Gasteiger partial charge in [-0.3, -0.25) is 4.79 Å². The third-order valence-corrected chi connectivity index (χ3v) is 1.03. The van der Waals surface area contributed by atoms with E-state index in [1.807, 2.05) is 6.92 Å². The molecule has 0 heterocycles. The molecule has 0 aliphatic rings. The Balaban J connectivity index is 0. The monoisotopic (exact) mass is 208 g/mol. The molecule has 8 heavy (non-hydrogen) atoms. The van der Waals surface area contributed by atoms with Crippen molar-refractivity contribution >= 4 is 5.97 Å². The van der Waals surface area contributed by atoms with Crippen molar-refractivity contribution in [1.29, 1.82) is 0 Å². The van der Waals surface area contributed by atoms with Gasteiger partial charge in [0.05, 0.1) is 5.92 Å². The first-order valence-electron chi connectivity index (χ1n) is 2.41. The number of aliphatic carboxylic acids is 1. The number of hydrogen-bond acceptors (Lipinski definition) is 1. The average Bonchev–Trinajstić information content (AvgIpc) is 1.65. The van der Waals surface area contributed by atoms with E-state index in [-0.39, 0.29) is 26.3 Å². The van der Waals surface area contributed by atoms with Crippen LogP contribution < -0.4 is 0 Å². The van der Waals surface area contributed by atoms with Gasteiger partial charge < -0.3 is 5.11 Å². The van der Waals surface area contributed by atoms with Crippen molar-refractivity contribution in [3.63, 3.8) is 0 Å². The van der Waals surface area contributed by atoms with Crippen LogP contribution in [0.25, 0.3) is 0 Å². The summed E-state index contributed by atoms with van der Waals surface area (Å²) in [6, 6.07) is 0. The zero-order chi connectivity index (χ0) is 5.86. The standard InChI is InChI=1S/C5H10O2.Pd/c1-3-4(2)5(6)7;/h4H,3H2,1-2H3,(H,6,7);. The number of carboxylic acid groups (broad SMARTS) is 1. The first-order valence-corrected chi connectivity index (χ1v) is 2.41. The van der Waals surface area contributed by atoms with Gasteiger partial charge in [-0.15, -0.1) is 0 Å². The summed E-state index contributed by atoms with van der Waals surface area (Å²) in [6.07, 6.45) is 0.718. The molecule has 0 radical (unpaired) electrons. The number of hydrogen-bond donors (Lipinski definition) is 1. The van der Waals surface area contributed by atoms with E-state index in [4.69, 9.17) is 5.11 Å². The van der Waals surface area contributed by atoms with Gasteiger partial charge in [0.1, 0.15) is 0 Å². The van der Waals surface area contributed by atoms with Gasteiger partial charge in [-0.05, 0) is 6.42 Å². The molecule has 1 unspecified atom stereocenters. The summed E-state index contributed by atoms with van der Waals surface area (Å²) < 4.78 is 0. The van der Waals surface area contributed by atoms with E-state index in [0.29, 0.717) is 0 Å². The van der Waals surface area contributed by atoms with Gasteiger partial charge in [0.15, 0.2) is 0 Å². The molecule has 0 spiro atoms. The second kappa shape index (κ2) is 5.27. The van der Waals surface area contributed by atoms with Crippen LogP contribution in [0.15, 0.2) is 0 Å². The van der Waals surface area contributed by atoms with Crippen LogP contribution in [0.5, 0.6) is 0 Å². The Morgan fingerprint density at radius 1 is 1.75 bits per heavy atom. The Kier molecular flexibility index (Phi) is 7.25. The molecule has 0 saturated heterocycles. The normalized spacial score (nSPS) is 11.8. The fraction of sp³-hybridized carbons (Fsp3) is 0.800. The summed E-state index contributed by atoms with van der Waals surface area (Å²) in [7, 11) is 0. The molecule has 0 aromatic rings. The minimum Gasteiger partial charge on any atom is -0.481 e. The maximum absolute atomic E-state index is 9.93. The van der Waals surface area contributed by atoms with Gasteiger partial charge in [0, 0.05) is 20.4 Å². The number of carbonyl (C=O) groups is 1. The Morgan fingerprint density at radius 2 is 2.12 bits per heavy atom. The first kappa shape index (κ1) is 11.0. The summed E-state index contributed by atoms with van der Waals surface area (Å²) in [5.74, 6) is -0.887. The van der Waals surface area contributed by atoms with Crippen molar-refractivity contribution in [2.24, 2.45) is 5.92 Å². The Bertz CT molecular complexity index is 72.8. The minimum atomic E-state index is -0.706. The molecule has 3 heteroatoms. The maximum Gasteiger partial charge on any atom is 0.306 e. The molecule has 0 aromatic carbocycles. The molecular formula is C5H10O2Pd. The summed E-state index contributed by atoms with van der Waals surface area (Å²) in [6.45, 7) is 3.56. The van der Waals surface area contributed by atoms with Crippen LogP contribution in [0.2, 0.25) is 0 Å². The van der Waals surface area contributed by atoms with Gasteiger partial charge in [-0.1, -0.05) is 13.8 Å². The molecule has 1 N–H and O–H groups in total. The quantitative estimate of drug-likeness (QED) is 0.691. The average molecular weight is 209 g/mol. The molecule has 0 aliphatic carbocycles. The molecule has 0 amide bonds. The Hall–Kier alpha value is 0.132. The predicted molar refractivity (Wildman–Crippen MR) is 27.1 cm³/mol. The molecule has 0 aliphatic heterocycles. The van der Waals surface area contributed by atoms with Crippen LogP contribution in [-0.4, -0.2) is 11.1 Å². The van der Waals surface area contributed by atoms with Crippen molar-refractivity contribution in [2.45, 2.75) is 20.3 Å². The fourth-order valence-electron chi connectivity index (χ4n) is 0.175. The summed E-state index contributed by atoms with van der Waals surface area (Å²) in [5.41, 5.74) is 0. The van der Waals surface area contributed by atoms with E-state index in [9.17, 15) is 4.79 Å². The molecule has 0 fully saturated rings. The van der Waals surface area contributed by atoms with Crippen LogP contribution in [0.1, 0.15) is 20.3 Å². The van der Waals surface area contributed by atoms with Gasteiger partial charge in [0.25, 0.3) is 0 Å². The zero-order valence-corrected chi connectivity index (χ0v) is 6.51. The first-order chi connectivity index (χ1) is 3.18. The van der Waals surface area contributed by atoms with Gasteiger partial charge in [-0.2, -0.15) is 0 Å². The van der Waals surface area contributed by atoms with Crippen LogP contribution in [-0.2, 0) is 25.2 Å². The van der Waals surface area contributed by atoms with Crippen LogP contribution >= 0.6 is 0 Å². The second-order valence-corrected chi connectivity index (χ2v) is 1.65. The molecule has 0 saturated carbocycles. The molecule has 0 bridgehead atoms. The predicted octanol–water partition coefficient (Wildman–Crippen LogP) is 1.11. The van der Waals surface area contributed by atoms with Crippen LogP contribution in [0, 0.1) is 5.92 Å². The smallest absolute Gasteiger partial charge is 0.306 e. The molecular weight excluding hydrogens is 198 g/mol. The molecule has 2 nitrogen and oxygen atoms in total. The number of rotatable bonds is 2. The van der Waals surface area contributed by atoms with Crippen molar-refractivity contribution in [1.82, 2.24) is 0 Å². The number of carboxylic acids is 1. The van der Waals surface area contributed by atoms with Crippen molar-refractivity contribution in [3.8, 4) is 0 Å². The van der Waals surface area contributed by atoms with Crippen molar-refractivity contribution in [3.05, 3.63) is 0 Å². The van der Waals surface area contributed by atoms with Crippen molar-refractivity contribution in [2.75, 3.05) is 0 Å². The Morgan fingerprint density at radius 3 is 2.12 bits per heavy atom. The minimum absolute atomic E-state index is 0. The zero-order valence-electron chi connectivity index (χ0n) is 4.96. The SMILES string of the molecule is CCC(C)C(=O)O.[Pd].